The summed E-state index contributed by atoms with van der Waals surface area (Å²) in [7, 11) is 0. The number of hydrogen-bond donors (Lipinski definition) is 2. The van der Waals surface area contributed by atoms with Crippen LogP contribution in [0.1, 0.15) is 24.2 Å². The van der Waals surface area contributed by atoms with E-state index >= 15 is 0 Å². The number of nitrogens with one attached hydrogen (secondary N) is 1. The molecule has 0 aliphatic carbocycles. The fourth-order valence-electron chi connectivity index (χ4n) is 1.73. The summed E-state index contributed by atoms with van der Waals surface area (Å²) in [6, 6.07) is 3.95. The number of rotatable bonds is 3. The molecule has 4 heteroatoms. The van der Waals surface area contributed by atoms with E-state index in [4.69, 9.17) is 5.73 Å². The molecule has 0 aromatic carbocycles. The lowest BCUT2D eigenvalue weighted by Gasteiger charge is -2.18. The number of imidazole rings is 1. The molecule has 3 N–H and O–H groups in total. The Balaban J connectivity index is 2.37. The van der Waals surface area contributed by atoms with Crippen LogP contribution < -0.4 is 5.73 Å². The molecule has 2 aromatic heterocycles. The molecular weight excluding hydrogens is 188 g/mol. The van der Waals surface area contributed by atoms with Crippen molar-refractivity contribution in [2.24, 2.45) is 5.73 Å². The predicted octanol–water partition coefficient (Wildman–Crippen LogP) is 1.28. The SMILES string of the molecule is CC(N)C(c1ccncc1)c1ncc[nH]1. The van der Waals surface area contributed by atoms with Gasteiger partial charge in [-0.1, -0.05) is 0 Å². The molecule has 2 heterocycles. The molecule has 0 radical (unpaired) electrons. The standard InChI is InChI=1S/C11H14N4/c1-8(12)10(11-14-6-7-15-11)9-2-4-13-5-3-9/h2-8,10H,12H2,1H3,(H,14,15). The maximum Gasteiger partial charge on any atom is 0.115 e. The Bertz CT molecular complexity index is 394. The van der Waals surface area contributed by atoms with Gasteiger partial charge in [0.15, 0.2) is 0 Å². The number of aromatic nitrogens is 3. The van der Waals surface area contributed by atoms with Gasteiger partial charge >= 0.3 is 0 Å². The van der Waals surface area contributed by atoms with Crippen LogP contribution in [-0.4, -0.2) is 21.0 Å². The molecule has 0 aliphatic heterocycles. The van der Waals surface area contributed by atoms with Crippen molar-refractivity contribution in [1.29, 1.82) is 0 Å². The second kappa shape index (κ2) is 4.23. The van der Waals surface area contributed by atoms with Gasteiger partial charge in [-0.15, -0.1) is 0 Å². The molecule has 0 fully saturated rings. The Morgan fingerprint density at radius 1 is 1.27 bits per heavy atom. The molecule has 0 saturated carbocycles. The number of hydrogen-bond acceptors (Lipinski definition) is 3. The van der Waals surface area contributed by atoms with Crippen molar-refractivity contribution < 1.29 is 0 Å². The van der Waals surface area contributed by atoms with Crippen molar-refractivity contribution in [1.82, 2.24) is 15.0 Å². The number of nitrogens with zero attached hydrogens (tertiary/aromatic N) is 2. The van der Waals surface area contributed by atoms with E-state index in [1.165, 1.54) is 0 Å². The summed E-state index contributed by atoms with van der Waals surface area (Å²) in [5.41, 5.74) is 7.11. The van der Waals surface area contributed by atoms with Crippen LogP contribution in [0, 0.1) is 0 Å². The monoisotopic (exact) mass is 202 g/mol. The number of H-pyrrole nitrogens is 1. The minimum Gasteiger partial charge on any atom is -0.348 e. The summed E-state index contributed by atoms with van der Waals surface area (Å²) in [5, 5.41) is 0. The van der Waals surface area contributed by atoms with Gasteiger partial charge < -0.3 is 10.7 Å². The van der Waals surface area contributed by atoms with Crippen LogP contribution in [0.4, 0.5) is 0 Å². The van der Waals surface area contributed by atoms with E-state index in [2.05, 4.69) is 15.0 Å². The maximum absolute atomic E-state index is 5.98. The second-order valence-corrected chi connectivity index (χ2v) is 3.59. The zero-order valence-electron chi connectivity index (χ0n) is 8.59. The van der Waals surface area contributed by atoms with E-state index in [1.807, 2.05) is 25.3 Å². The third-order valence-electron chi connectivity index (χ3n) is 2.40. The third kappa shape index (κ3) is 2.05. The molecule has 4 nitrogen and oxygen atoms in total. The largest absolute Gasteiger partial charge is 0.348 e. The van der Waals surface area contributed by atoms with Gasteiger partial charge in [-0.3, -0.25) is 4.98 Å². The van der Waals surface area contributed by atoms with E-state index < -0.39 is 0 Å². The molecule has 2 atom stereocenters. The normalized spacial score (nSPS) is 14.8. The highest BCUT2D eigenvalue weighted by atomic mass is 14.9. The smallest absolute Gasteiger partial charge is 0.115 e. The highest BCUT2D eigenvalue weighted by Gasteiger charge is 2.20. The molecule has 2 rings (SSSR count). The first-order valence-electron chi connectivity index (χ1n) is 4.94. The van der Waals surface area contributed by atoms with Crippen molar-refractivity contribution in [2.75, 3.05) is 0 Å². The van der Waals surface area contributed by atoms with Crippen molar-refractivity contribution >= 4 is 0 Å². The van der Waals surface area contributed by atoms with Crippen LogP contribution in [0.2, 0.25) is 0 Å². The highest BCUT2D eigenvalue weighted by Crippen LogP contribution is 2.23. The van der Waals surface area contributed by atoms with Gasteiger partial charge in [-0.05, 0) is 24.6 Å². The third-order valence-corrected chi connectivity index (χ3v) is 2.40. The summed E-state index contributed by atoms with van der Waals surface area (Å²) in [6.45, 7) is 1.98. The average Bonchev–Trinajstić information content (AvgIpc) is 2.72. The van der Waals surface area contributed by atoms with Crippen LogP contribution in [0.15, 0.2) is 36.9 Å². The number of aromatic amines is 1. The molecule has 15 heavy (non-hydrogen) atoms. The highest BCUT2D eigenvalue weighted by molar-refractivity contribution is 5.25. The Morgan fingerprint density at radius 3 is 2.53 bits per heavy atom. The van der Waals surface area contributed by atoms with Crippen LogP contribution in [0.25, 0.3) is 0 Å². The Hall–Kier alpha value is -1.68. The molecule has 2 aromatic rings. The summed E-state index contributed by atoms with van der Waals surface area (Å²) in [4.78, 5) is 11.4. The average molecular weight is 202 g/mol. The van der Waals surface area contributed by atoms with E-state index in [1.54, 1.807) is 18.6 Å². The van der Waals surface area contributed by atoms with E-state index in [-0.39, 0.29) is 12.0 Å². The molecule has 0 saturated heterocycles. The second-order valence-electron chi connectivity index (χ2n) is 3.59. The topological polar surface area (TPSA) is 67.6 Å². The Labute approximate surface area is 88.6 Å². The number of pyridine rings is 1. The predicted molar refractivity (Wildman–Crippen MR) is 58.3 cm³/mol. The van der Waals surface area contributed by atoms with Crippen LogP contribution in [0.5, 0.6) is 0 Å². The van der Waals surface area contributed by atoms with Gasteiger partial charge in [-0.2, -0.15) is 0 Å². The molecule has 0 spiro atoms. The quantitative estimate of drug-likeness (QED) is 0.788. The van der Waals surface area contributed by atoms with Gasteiger partial charge in [-0.25, -0.2) is 4.98 Å². The van der Waals surface area contributed by atoms with Gasteiger partial charge in [0, 0.05) is 30.8 Å². The van der Waals surface area contributed by atoms with Gasteiger partial charge in [0.2, 0.25) is 0 Å². The van der Waals surface area contributed by atoms with E-state index in [0.29, 0.717) is 0 Å². The summed E-state index contributed by atoms with van der Waals surface area (Å²) < 4.78 is 0. The molecule has 0 aliphatic rings. The molecular formula is C11H14N4. The zero-order chi connectivity index (χ0) is 10.7. The summed E-state index contributed by atoms with van der Waals surface area (Å²) >= 11 is 0. The summed E-state index contributed by atoms with van der Waals surface area (Å²) in [5.74, 6) is 0.999. The Kier molecular flexibility index (Phi) is 2.78. The molecule has 0 bridgehead atoms. The Morgan fingerprint density at radius 2 is 2.00 bits per heavy atom. The van der Waals surface area contributed by atoms with Crippen molar-refractivity contribution in [3.8, 4) is 0 Å². The van der Waals surface area contributed by atoms with Crippen LogP contribution >= 0.6 is 0 Å². The minimum atomic E-state index is 0.0125. The lowest BCUT2D eigenvalue weighted by atomic mass is 9.93. The fourth-order valence-corrected chi connectivity index (χ4v) is 1.73. The van der Waals surface area contributed by atoms with E-state index in [9.17, 15) is 0 Å². The molecule has 2 unspecified atom stereocenters. The fraction of sp³-hybridized carbons (Fsp3) is 0.273. The van der Waals surface area contributed by atoms with Gasteiger partial charge in [0.05, 0.1) is 5.92 Å². The van der Waals surface area contributed by atoms with E-state index in [0.717, 1.165) is 11.4 Å². The van der Waals surface area contributed by atoms with Crippen LogP contribution in [-0.2, 0) is 0 Å². The first kappa shape index (κ1) is 9.86. The summed E-state index contributed by atoms with van der Waals surface area (Å²) in [6.07, 6.45) is 7.10. The lowest BCUT2D eigenvalue weighted by Crippen LogP contribution is -2.26. The maximum atomic E-state index is 5.98. The zero-order valence-corrected chi connectivity index (χ0v) is 8.59. The van der Waals surface area contributed by atoms with Gasteiger partial charge in [0.25, 0.3) is 0 Å². The van der Waals surface area contributed by atoms with Crippen molar-refractivity contribution in [3.63, 3.8) is 0 Å². The van der Waals surface area contributed by atoms with Crippen molar-refractivity contribution in [2.45, 2.75) is 18.9 Å². The number of nitrogens with two attached hydrogens (primary N) is 1. The molecule has 78 valence electrons. The van der Waals surface area contributed by atoms with Crippen LogP contribution in [0.3, 0.4) is 0 Å². The molecule has 0 amide bonds. The van der Waals surface area contributed by atoms with Gasteiger partial charge in [0.1, 0.15) is 5.82 Å². The van der Waals surface area contributed by atoms with Crippen molar-refractivity contribution in [3.05, 3.63) is 48.3 Å². The first-order valence-corrected chi connectivity index (χ1v) is 4.94. The first-order chi connectivity index (χ1) is 7.29. The lowest BCUT2D eigenvalue weighted by molar-refractivity contribution is 0.617. The minimum absolute atomic E-state index is 0.0125.